The number of nitrogens with zero attached hydrogens (tertiary/aromatic N) is 1. The molecule has 2 N–H and O–H groups in total. The zero-order valence-corrected chi connectivity index (χ0v) is 18.6. The van der Waals surface area contributed by atoms with Crippen molar-refractivity contribution >= 4 is 40.0 Å². The summed E-state index contributed by atoms with van der Waals surface area (Å²) in [7, 11) is 0. The standard InChI is InChI=1S/C24H23N3O4S/c1-4-11-27-23(29)17-10-9-16(12-18(17)26-24(27)32)22(28)25-14(3)20-13-15-7-6-8-19(30-5-2)21(15)31-20/h4,6-10,12-14H,1,5,11H2,2-3H3,(H,25,28)(H,26,32). The fourth-order valence-electron chi connectivity index (χ4n) is 3.58. The van der Waals surface area contributed by atoms with E-state index in [-0.39, 0.29) is 22.3 Å². The number of benzene rings is 2. The highest BCUT2D eigenvalue weighted by Crippen LogP contribution is 2.31. The van der Waals surface area contributed by atoms with Crippen molar-refractivity contribution in [2.45, 2.75) is 26.4 Å². The van der Waals surface area contributed by atoms with Crippen LogP contribution in [0.2, 0.25) is 0 Å². The number of ether oxygens (including phenoxy) is 1. The predicted molar refractivity (Wildman–Crippen MR) is 127 cm³/mol. The Labute approximate surface area is 189 Å². The fraction of sp³-hybridized carbons (Fsp3) is 0.208. The number of para-hydroxylation sites is 1. The highest BCUT2D eigenvalue weighted by atomic mass is 32.1. The SMILES string of the molecule is C=CCn1c(=S)[nH]c2cc(C(=O)NC(C)c3cc4cccc(OCC)c4o3)ccc2c1=O. The zero-order chi connectivity index (χ0) is 22.8. The molecule has 0 saturated heterocycles. The van der Waals surface area contributed by atoms with Gasteiger partial charge in [-0.15, -0.1) is 6.58 Å². The summed E-state index contributed by atoms with van der Waals surface area (Å²) in [4.78, 5) is 28.5. The number of hydrogen-bond acceptors (Lipinski definition) is 5. The second-order valence-electron chi connectivity index (χ2n) is 7.35. The minimum atomic E-state index is -0.376. The van der Waals surface area contributed by atoms with E-state index in [1.807, 2.05) is 38.1 Å². The molecule has 1 amide bonds. The van der Waals surface area contributed by atoms with Crippen LogP contribution in [0.4, 0.5) is 0 Å². The molecule has 8 heteroatoms. The first-order chi connectivity index (χ1) is 15.4. The van der Waals surface area contributed by atoms with Gasteiger partial charge in [-0.05, 0) is 56.4 Å². The van der Waals surface area contributed by atoms with Crippen molar-refractivity contribution in [3.05, 3.63) is 81.6 Å². The Balaban J connectivity index is 1.61. The monoisotopic (exact) mass is 449 g/mol. The van der Waals surface area contributed by atoms with Gasteiger partial charge in [-0.25, -0.2) is 0 Å². The summed E-state index contributed by atoms with van der Waals surface area (Å²) in [5, 5.41) is 4.29. The third-order valence-electron chi connectivity index (χ3n) is 5.16. The average Bonchev–Trinajstić information content (AvgIpc) is 3.22. The van der Waals surface area contributed by atoms with Crippen molar-refractivity contribution in [3.8, 4) is 5.75 Å². The van der Waals surface area contributed by atoms with Gasteiger partial charge in [0.05, 0.1) is 23.6 Å². The normalized spacial score (nSPS) is 12.1. The minimum Gasteiger partial charge on any atom is -0.490 e. The number of carbonyl (C=O) groups excluding carboxylic acids is 1. The molecular weight excluding hydrogens is 426 g/mol. The van der Waals surface area contributed by atoms with E-state index in [4.69, 9.17) is 21.4 Å². The number of hydrogen-bond donors (Lipinski definition) is 2. The molecule has 4 aromatic rings. The van der Waals surface area contributed by atoms with Crippen molar-refractivity contribution in [1.82, 2.24) is 14.9 Å². The van der Waals surface area contributed by atoms with Crippen LogP contribution in [-0.2, 0) is 6.54 Å². The number of fused-ring (bicyclic) bond motifs is 2. The molecule has 32 heavy (non-hydrogen) atoms. The molecule has 0 bridgehead atoms. The number of amides is 1. The molecule has 1 atom stereocenters. The smallest absolute Gasteiger partial charge is 0.262 e. The third kappa shape index (κ3) is 3.97. The molecule has 0 saturated carbocycles. The van der Waals surface area contributed by atoms with Crippen molar-refractivity contribution < 1.29 is 13.9 Å². The molecule has 0 fully saturated rings. The molecule has 2 aromatic heterocycles. The molecule has 2 heterocycles. The lowest BCUT2D eigenvalue weighted by molar-refractivity contribution is 0.0936. The number of allylic oxidation sites excluding steroid dienone is 1. The number of rotatable bonds is 7. The van der Waals surface area contributed by atoms with Crippen molar-refractivity contribution in [1.29, 1.82) is 0 Å². The summed E-state index contributed by atoms with van der Waals surface area (Å²) in [5.41, 5.74) is 1.34. The lowest BCUT2D eigenvalue weighted by atomic mass is 10.1. The Morgan fingerprint density at radius 3 is 2.91 bits per heavy atom. The van der Waals surface area contributed by atoms with Crippen LogP contribution in [0.3, 0.4) is 0 Å². The van der Waals surface area contributed by atoms with Gasteiger partial charge in [-0.2, -0.15) is 0 Å². The highest BCUT2D eigenvalue weighted by molar-refractivity contribution is 7.71. The maximum absolute atomic E-state index is 12.9. The van der Waals surface area contributed by atoms with Crippen molar-refractivity contribution in [3.63, 3.8) is 0 Å². The Bertz CT molecular complexity index is 1450. The lowest BCUT2D eigenvalue weighted by Crippen LogP contribution is -2.27. The maximum atomic E-state index is 12.9. The third-order valence-corrected chi connectivity index (χ3v) is 5.48. The molecule has 4 rings (SSSR count). The fourth-order valence-corrected chi connectivity index (χ4v) is 3.85. The average molecular weight is 450 g/mol. The van der Waals surface area contributed by atoms with E-state index in [9.17, 15) is 9.59 Å². The minimum absolute atomic E-state index is 0.226. The van der Waals surface area contributed by atoms with Crippen LogP contribution in [-0.4, -0.2) is 22.1 Å². The topological polar surface area (TPSA) is 89.3 Å². The number of aromatic nitrogens is 2. The molecule has 0 aliphatic carbocycles. The van der Waals surface area contributed by atoms with E-state index in [0.717, 1.165) is 5.39 Å². The molecule has 0 aliphatic rings. The van der Waals surface area contributed by atoms with E-state index >= 15 is 0 Å². The number of H-pyrrole nitrogens is 1. The Morgan fingerprint density at radius 2 is 2.16 bits per heavy atom. The predicted octanol–water partition coefficient (Wildman–Crippen LogP) is 4.88. The first kappa shape index (κ1) is 21.6. The maximum Gasteiger partial charge on any atom is 0.262 e. The largest absolute Gasteiger partial charge is 0.490 e. The van der Waals surface area contributed by atoms with Gasteiger partial charge in [0.15, 0.2) is 16.1 Å². The van der Waals surface area contributed by atoms with Gasteiger partial charge in [0, 0.05) is 17.5 Å². The zero-order valence-electron chi connectivity index (χ0n) is 17.8. The van der Waals surface area contributed by atoms with Crippen molar-refractivity contribution in [2.24, 2.45) is 0 Å². The van der Waals surface area contributed by atoms with Gasteiger partial charge in [0.25, 0.3) is 11.5 Å². The van der Waals surface area contributed by atoms with Crippen LogP contribution in [0.1, 0.15) is 36.0 Å². The van der Waals surface area contributed by atoms with Crippen LogP contribution < -0.4 is 15.6 Å². The number of carbonyl (C=O) groups is 1. The summed E-state index contributed by atoms with van der Waals surface area (Å²) in [6.07, 6.45) is 1.61. The number of nitrogens with one attached hydrogen (secondary N) is 2. The van der Waals surface area contributed by atoms with Crippen LogP contribution in [0.5, 0.6) is 5.75 Å². The van der Waals surface area contributed by atoms with E-state index in [0.29, 0.717) is 46.7 Å². The Morgan fingerprint density at radius 1 is 1.34 bits per heavy atom. The summed E-state index contributed by atoms with van der Waals surface area (Å²) in [5.74, 6) is 0.995. The first-order valence-electron chi connectivity index (χ1n) is 10.3. The Kier molecular flexibility index (Phi) is 5.96. The summed E-state index contributed by atoms with van der Waals surface area (Å²) in [6.45, 7) is 8.25. The number of furan rings is 1. The number of aromatic amines is 1. The Hall–Kier alpha value is -3.65. The molecule has 0 aliphatic heterocycles. The molecular formula is C24H23N3O4S. The van der Waals surface area contributed by atoms with Gasteiger partial charge in [0.1, 0.15) is 5.76 Å². The molecule has 0 radical (unpaired) electrons. The van der Waals surface area contributed by atoms with Gasteiger partial charge >= 0.3 is 0 Å². The summed E-state index contributed by atoms with van der Waals surface area (Å²) >= 11 is 5.27. The van der Waals surface area contributed by atoms with E-state index in [1.165, 1.54) is 4.57 Å². The van der Waals surface area contributed by atoms with Gasteiger partial charge in [-0.1, -0.05) is 18.2 Å². The quantitative estimate of drug-likeness (QED) is 0.310. The summed E-state index contributed by atoms with van der Waals surface area (Å²) in [6, 6.07) is 12.1. The van der Waals surface area contributed by atoms with E-state index in [2.05, 4.69) is 16.9 Å². The van der Waals surface area contributed by atoms with Crippen LogP contribution >= 0.6 is 12.2 Å². The van der Waals surface area contributed by atoms with Gasteiger partial charge < -0.3 is 19.5 Å². The van der Waals surface area contributed by atoms with Crippen LogP contribution in [0.15, 0.2) is 64.3 Å². The van der Waals surface area contributed by atoms with E-state index < -0.39 is 0 Å². The van der Waals surface area contributed by atoms with Crippen LogP contribution in [0.25, 0.3) is 21.9 Å². The molecule has 2 aromatic carbocycles. The molecule has 0 spiro atoms. The van der Waals surface area contributed by atoms with E-state index in [1.54, 1.807) is 24.3 Å². The summed E-state index contributed by atoms with van der Waals surface area (Å²) < 4.78 is 13.3. The molecule has 1 unspecified atom stereocenters. The second kappa shape index (κ2) is 8.84. The molecule has 7 nitrogen and oxygen atoms in total. The van der Waals surface area contributed by atoms with Crippen LogP contribution in [0, 0.1) is 4.77 Å². The van der Waals surface area contributed by atoms with Gasteiger partial charge in [0.2, 0.25) is 0 Å². The van der Waals surface area contributed by atoms with Crippen molar-refractivity contribution in [2.75, 3.05) is 6.61 Å². The first-order valence-corrected chi connectivity index (χ1v) is 10.7. The highest BCUT2D eigenvalue weighted by Gasteiger charge is 2.18. The molecule has 164 valence electrons. The second-order valence-corrected chi connectivity index (χ2v) is 7.73. The lowest BCUT2D eigenvalue weighted by Gasteiger charge is -2.12. The van der Waals surface area contributed by atoms with Gasteiger partial charge in [-0.3, -0.25) is 14.2 Å².